The summed E-state index contributed by atoms with van der Waals surface area (Å²) in [5.74, 6) is 0. The first kappa shape index (κ1) is 9.07. The van der Waals surface area contributed by atoms with Crippen LogP contribution in [-0.2, 0) is 5.60 Å². The molecule has 1 rings (SSSR count). The average Bonchev–Trinajstić information content (AvgIpc) is 2.53. The van der Waals surface area contributed by atoms with Crippen LogP contribution >= 0.6 is 0 Å². The second kappa shape index (κ2) is 3.59. The summed E-state index contributed by atoms with van der Waals surface area (Å²) in [7, 11) is 0. The zero-order valence-corrected chi connectivity index (χ0v) is 7.29. The van der Waals surface area contributed by atoms with Crippen LogP contribution < -0.4 is 0 Å². The second-order valence-corrected chi connectivity index (χ2v) is 3.11. The van der Waals surface area contributed by atoms with Crippen LogP contribution in [0.2, 0.25) is 0 Å². The molecule has 0 aromatic carbocycles. The Morgan fingerprint density at radius 1 is 1.75 bits per heavy atom. The third kappa shape index (κ3) is 1.98. The molecule has 0 aliphatic heterocycles. The van der Waals surface area contributed by atoms with E-state index in [9.17, 15) is 5.11 Å². The van der Waals surface area contributed by atoms with Crippen LogP contribution in [0.5, 0.6) is 0 Å². The Morgan fingerprint density at radius 2 is 2.50 bits per heavy atom. The van der Waals surface area contributed by atoms with Crippen molar-refractivity contribution >= 4 is 0 Å². The summed E-state index contributed by atoms with van der Waals surface area (Å²) in [5, 5.41) is 9.90. The number of furan rings is 1. The maximum absolute atomic E-state index is 9.90. The van der Waals surface area contributed by atoms with Gasteiger partial charge in [0.1, 0.15) is 0 Å². The Hall–Kier alpha value is -1.02. The highest BCUT2D eigenvalue weighted by Gasteiger charge is 2.22. The minimum atomic E-state index is -0.790. The lowest BCUT2D eigenvalue weighted by atomic mass is 9.93. The van der Waals surface area contributed by atoms with Gasteiger partial charge in [0.25, 0.3) is 0 Å². The summed E-state index contributed by atoms with van der Waals surface area (Å²) in [6, 6.07) is 1.78. The molecule has 0 aliphatic carbocycles. The molecule has 1 aromatic rings. The maximum Gasteiger partial charge on any atom is 0.0963 e. The van der Waals surface area contributed by atoms with Crippen molar-refractivity contribution in [3.8, 4) is 0 Å². The summed E-state index contributed by atoms with van der Waals surface area (Å²) in [4.78, 5) is 0. The average molecular weight is 166 g/mol. The van der Waals surface area contributed by atoms with Gasteiger partial charge in [-0.1, -0.05) is 6.08 Å². The van der Waals surface area contributed by atoms with E-state index >= 15 is 0 Å². The SMILES string of the molecule is C=CCCC(C)(O)c1ccoc1. The summed E-state index contributed by atoms with van der Waals surface area (Å²) in [6.45, 7) is 5.39. The molecule has 0 fully saturated rings. The van der Waals surface area contributed by atoms with Crippen molar-refractivity contribution in [3.05, 3.63) is 36.8 Å². The van der Waals surface area contributed by atoms with E-state index in [0.29, 0.717) is 6.42 Å². The van der Waals surface area contributed by atoms with E-state index in [4.69, 9.17) is 4.42 Å². The molecule has 0 amide bonds. The summed E-state index contributed by atoms with van der Waals surface area (Å²) in [5.41, 5.74) is 0.0330. The number of hydrogen-bond donors (Lipinski definition) is 1. The monoisotopic (exact) mass is 166 g/mol. The minimum Gasteiger partial charge on any atom is -0.472 e. The van der Waals surface area contributed by atoms with Crippen molar-refractivity contribution in [1.29, 1.82) is 0 Å². The third-order valence-electron chi connectivity index (χ3n) is 1.98. The highest BCUT2D eigenvalue weighted by Crippen LogP contribution is 2.25. The molecule has 1 heterocycles. The molecule has 12 heavy (non-hydrogen) atoms. The van der Waals surface area contributed by atoms with Gasteiger partial charge in [0.2, 0.25) is 0 Å². The lowest BCUT2D eigenvalue weighted by Crippen LogP contribution is -2.19. The summed E-state index contributed by atoms with van der Waals surface area (Å²) in [6.07, 6.45) is 6.42. The van der Waals surface area contributed by atoms with Crippen LogP contribution in [0.1, 0.15) is 25.3 Å². The smallest absolute Gasteiger partial charge is 0.0963 e. The van der Waals surface area contributed by atoms with E-state index in [2.05, 4.69) is 6.58 Å². The highest BCUT2D eigenvalue weighted by atomic mass is 16.3. The van der Waals surface area contributed by atoms with Gasteiger partial charge in [0.05, 0.1) is 18.1 Å². The van der Waals surface area contributed by atoms with Crippen molar-refractivity contribution in [1.82, 2.24) is 0 Å². The molecule has 2 heteroatoms. The molecule has 66 valence electrons. The van der Waals surface area contributed by atoms with Gasteiger partial charge in [0, 0.05) is 5.56 Å². The van der Waals surface area contributed by atoms with E-state index in [1.54, 1.807) is 31.6 Å². The highest BCUT2D eigenvalue weighted by molar-refractivity contribution is 5.14. The topological polar surface area (TPSA) is 33.4 Å². The quantitative estimate of drug-likeness (QED) is 0.697. The lowest BCUT2D eigenvalue weighted by molar-refractivity contribution is 0.0482. The molecule has 0 saturated carbocycles. The summed E-state index contributed by atoms with van der Waals surface area (Å²) < 4.78 is 4.89. The molecule has 0 bridgehead atoms. The van der Waals surface area contributed by atoms with Crippen molar-refractivity contribution in [2.45, 2.75) is 25.4 Å². The van der Waals surface area contributed by atoms with E-state index in [0.717, 1.165) is 12.0 Å². The van der Waals surface area contributed by atoms with E-state index in [-0.39, 0.29) is 0 Å². The zero-order valence-electron chi connectivity index (χ0n) is 7.29. The van der Waals surface area contributed by atoms with Gasteiger partial charge in [0.15, 0.2) is 0 Å². The Kier molecular flexibility index (Phi) is 2.71. The Bertz CT molecular complexity index is 234. The fourth-order valence-corrected chi connectivity index (χ4v) is 1.10. The molecule has 0 radical (unpaired) electrons. The normalized spacial score (nSPS) is 15.5. The molecule has 1 N–H and O–H groups in total. The Labute approximate surface area is 72.5 Å². The number of hydrogen-bond acceptors (Lipinski definition) is 2. The molecule has 0 aliphatic rings. The van der Waals surface area contributed by atoms with Crippen LogP contribution in [0, 0.1) is 0 Å². The predicted molar refractivity (Wildman–Crippen MR) is 47.7 cm³/mol. The molecule has 1 atom stereocenters. The molecular formula is C10H14O2. The maximum atomic E-state index is 9.90. The van der Waals surface area contributed by atoms with Crippen molar-refractivity contribution in [2.75, 3.05) is 0 Å². The van der Waals surface area contributed by atoms with Gasteiger partial charge < -0.3 is 9.52 Å². The number of aliphatic hydroxyl groups is 1. The molecule has 0 saturated heterocycles. The molecule has 1 unspecified atom stereocenters. The largest absolute Gasteiger partial charge is 0.472 e. The fourth-order valence-electron chi connectivity index (χ4n) is 1.10. The van der Waals surface area contributed by atoms with Crippen LogP contribution in [-0.4, -0.2) is 5.11 Å². The van der Waals surface area contributed by atoms with E-state index in [1.165, 1.54) is 0 Å². The molecule has 2 nitrogen and oxygen atoms in total. The van der Waals surface area contributed by atoms with E-state index in [1.807, 2.05) is 0 Å². The number of rotatable bonds is 4. The van der Waals surface area contributed by atoms with Crippen molar-refractivity contribution in [3.63, 3.8) is 0 Å². The van der Waals surface area contributed by atoms with Gasteiger partial charge in [-0.15, -0.1) is 6.58 Å². The lowest BCUT2D eigenvalue weighted by Gasteiger charge is -2.20. The van der Waals surface area contributed by atoms with Crippen LogP contribution in [0.25, 0.3) is 0 Å². The van der Waals surface area contributed by atoms with Crippen LogP contribution in [0.15, 0.2) is 35.7 Å². The van der Waals surface area contributed by atoms with Gasteiger partial charge >= 0.3 is 0 Å². The van der Waals surface area contributed by atoms with Crippen LogP contribution in [0.3, 0.4) is 0 Å². The standard InChI is InChI=1S/C10H14O2/c1-3-4-6-10(2,11)9-5-7-12-8-9/h3,5,7-8,11H,1,4,6H2,2H3. The first-order valence-electron chi connectivity index (χ1n) is 4.03. The first-order chi connectivity index (χ1) is 5.67. The van der Waals surface area contributed by atoms with Crippen LogP contribution in [0.4, 0.5) is 0 Å². The van der Waals surface area contributed by atoms with Crippen molar-refractivity contribution in [2.24, 2.45) is 0 Å². The third-order valence-corrected chi connectivity index (χ3v) is 1.98. The zero-order chi connectivity index (χ0) is 9.03. The minimum absolute atomic E-state index is 0.677. The molecule has 0 spiro atoms. The molecule has 1 aromatic heterocycles. The first-order valence-corrected chi connectivity index (χ1v) is 4.03. The van der Waals surface area contributed by atoms with E-state index < -0.39 is 5.60 Å². The van der Waals surface area contributed by atoms with Gasteiger partial charge in [-0.3, -0.25) is 0 Å². The van der Waals surface area contributed by atoms with Gasteiger partial charge in [-0.2, -0.15) is 0 Å². The van der Waals surface area contributed by atoms with Crippen molar-refractivity contribution < 1.29 is 9.52 Å². The van der Waals surface area contributed by atoms with Gasteiger partial charge in [-0.25, -0.2) is 0 Å². The summed E-state index contributed by atoms with van der Waals surface area (Å²) >= 11 is 0. The Morgan fingerprint density at radius 3 is 3.00 bits per heavy atom. The number of allylic oxidation sites excluding steroid dienone is 1. The Balaban J connectivity index is 2.65. The van der Waals surface area contributed by atoms with Gasteiger partial charge in [-0.05, 0) is 25.8 Å². The second-order valence-electron chi connectivity index (χ2n) is 3.11. The fraction of sp³-hybridized carbons (Fsp3) is 0.400. The predicted octanol–water partition coefficient (Wildman–Crippen LogP) is 2.45. The molecular weight excluding hydrogens is 152 g/mol.